The molecule has 6 nitrogen and oxygen atoms in total. The Morgan fingerprint density at radius 3 is 2.85 bits per heavy atom. The van der Waals surface area contributed by atoms with Crippen LogP contribution in [0.5, 0.6) is 0 Å². The summed E-state index contributed by atoms with van der Waals surface area (Å²) in [6.07, 6.45) is 9.98. The summed E-state index contributed by atoms with van der Waals surface area (Å²) in [5, 5.41) is 14.0. The predicted octanol–water partition coefficient (Wildman–Crippen LogP) is 5.47. The van der Waals surface area contributed by atoms with Gasteiger partial charge in [0.05, 0.1) is 11.4 Å². The predicted molar refractivity (Wildman–Crippen MR) is 142 cm³/mol. The van der Waals surface area contributed by atoms with Gasteiger partial charge in [-0.15, -0.1) is 0 Å². The molecule has 0 unspecified atom stereocenters. The molecule has 1 aromatic carbocycles. The van der Waals surface area contributed by atoms with E-state index in [9.17, 15) is 4.39 Å². The third-order valence-corrected chi connectivity index (χ3v) is 6.67. The fourth-order valence-corrected chi connectivity index (χ4v) is 4.58. The minimum Gasteiger partial charge on any atom is -0.405 e. The van der Waals surface area contributed by atoms with Crippen LogP contribution in [-0.4, -0.2) is 47.8 Å². The largest absolute Gasteiger partial charge is 0.405 e. The molecule has 0 amide bonds. The molecule has 2 aromatic rings. The van der Waals surface area contributed by atoms with Crippen molar-refractivity contribution in [3.63, 3.8) is 0 Å². The number of hydrogen-bond acceptors (Lipinski definition) is 6. The highest BCUT2D eigenvalue weighted by molar-refractivity contribution is 7.71. The summed E-state index contributed by atoms with van der Waals surface area (Å²) in [6, 6.07) is 6.75. The normalized spacial score (nSPS) is 18.4. The molecule has 0 atom stereocenters. The summed E-state index contributed by atoms with van der Waals surface area (Å²) < 4.78 is 14.7. The summed E-state index contributed by atoms with van der Waals surface area (Å²) in [5.74, 6) is 0.238. The summed E-state index contributed by atoms with van der Waals surface area (Å²) in [7, 11) is 2.00. The number of halogens is 2. The van der Waals surface area contributed by atoms with Crippen molar-refractivity contribution in [3.8, 4) is 11.3 Å². The maximum Gasteiger partial charge on any atom is 0.143 e. The summed E-state index contributed by atoms with van der Waals surface area (Å²) in [4.78, 5) is 2.60. The number of anilines is 1. The van der Waals surface area contributed by atoms with E-state index >= 15 is 0 Å². The van der Waals surface area contributed by atoms with E-state index in [0.717, 1.165) is 31.8 Å². The molecule has 1 fully saturated rings. The van der Waals surface area contributed by atoms with Crippen molar-refractivity contribution in [3.05, 3.63) is 63.8 Å². The Bertz CT molecular complexity index is 1060. The number of hydrogen-bond donors (Lipinski definition) is 4. The first-order valence-corrected chi connectivity index (χ1v) is 12.5. The van der Waals surface area contributed by atoms with Crippen LogP contribution in [0.15, 0.2) is 48.3 Å². The lowest BCUT2D eigenvalue weighted by molar-refractivity contribution is 0.0802. The first-order chi connectivity index (χ1) is 16.4. The Morgan fingerprint density at radius 2 is 2.15 bits per heavy atom. The van der Waals surface area contributed by atoms with Crippen LogP contribution in [0.25, 0.3) is 11.3 Å². The summed E-state index contributed by atoms with van der Waals surface area (Å²) in [5.41, 5.74) is 7.86. The maximum absolute atomic E-state index is 14.3. The summed E-state index contributed by atoms with van der Waals surface area (Å²) >= 11 is 11.4. The molecule has 9 heteroatoms. The molecule has 0 spiro atoms. The van der Waals surface area contributed by atoms with E-state index in [2.05, 4.69) is 38.7 Å². The second kappa shape index (κ2) is 13.0. The fourth-order valence-electron chi connectivity index (χ4n) is 4.25. The lowest BCUT2D eigenvalue weighted by Crippen LogP contribution is -2.47. The van der Waals surface area contributed by atoms with Gasteiger partial charge in [-0.3, -0.25) is 10.00 Å². The van der Waals surface area contributed by atoms with E-state index in [4.69, 9.17) is 29.6 Å². The molecule has 1 aliphatic carbocycles. The van der Waals surface area contributed by atoms with Gasteiger partial charge in [0.2, 0.25) is 0 Å². The molecule has 184 valence electrons. The Morgan fingerprint density at radius 1 is 1.35 bits per heavy atom. The number of likely N-dealkylation sites (N-methyl/N-ethyl adjacent to an activating group) is 1. The number of rotatable bonds is 12. The molecule has 1 aromatic heterocycles. The molecule has 5 N–H and O–H groups in total. The van der Waals surface area contributed by atoms with E-state index < -0.39 is 5.82 Å². The fraction of sp³-hybridized carbons (Fsp3) is 0.440. The first-order valence-electron chi connectivity index (χ1n) is 11.7. The molecular formula is C25H34ClFN6S. The Labute approximate surface area is 211 Å². The number of nitrogens with two attached hydrogens (primary N) is 1. The third kappa shape index (κ3) is 7.12. The van der Waals surface area contributed by atoms with Crippen molar-refractivity contribution in [2.24, 2.45) is 11.7 Å². The van der Waals surface area contributed by atoms with Gasteiger partial charge in [-0.05, 0) is 81.7 Å². The lowest BCUT2D eigenvalue weighted by atomic mass is 9.77. The van der Waals surface area contributed by atoms with Crippen LogP contribution < -0.4 is 16.4 Å². The minimum absolute atomic E-state index is 0.303. The lowest BCUT2D eigenvalue weighted by Gasteiger charge is -2.43. The Hall–Kier alpha value is -2.26. The highest BCUT2D eigenvalue weighted by atomic mass is 35.5. The zero-order valence-electron chi connectivity index (χ0n) is 19.8. The average Bonchev–Trinajstić information content (AvgIpc) is 2.79. The second-order valence-electron chi connectivity index (χ2n) is 8.63. The molecule has 3 rings (SSSR count). The zero-order chi connectivity index (χ0) is 24.5. The van der Waals surface area contributed by atoms with Gasteiger partial charge < -0.3 is 16.4 Å². The first kappa shape index (κ1) is 26.3. The van der Waals surface area contributed by atoms with Crippen molar-refractivity contribution in [2.75, 3.05) is 32.0 Å². The standard InChI is InChI=1S/C25H34ClFN6S/c1-3-11-33(12-10-29-2)20-13-17(14-20)4-6-19(8-9-28)30-24-16-23(31-32-25(24)34)21-15-18(26)5-7-22(21)27/h5-9,15-17,20,29H,3-4,10-14,28H2,1-2H3,(H,30,31)(H,32,34)/b9-8-,19-6+. The maximum atomic E-state index is 14.3. The monoisotopic (exact) mass is 504 g/mol. The molecule has 0 bridgehead atoms. The van der Waals surface area contributed by atoms with E-state index in [1.165, 1.54) is 37.6 Å². The van der Waals surface area contributed by atoms with Crippen LogP contribution in [0.1, 0.15) is 32.6 Å². The topological polar surface area (TPSA) is 82.0 Å². The SMILES string of the molecule is CCCN(CCNC)C1CC(C/C=C(\C=C/N)Nc2cc(-c3cc(Cl)ccc3F)n[nH]c2=S)C1. The molecule has 0 radical (unpaired) electrons. The van der Waals surface area contributed by atoms with Crippen LogP contribution in [0.4, 0.5) is 10.1 Å². The van der Waals surface area contributed by atoms with Crippen LogP contribution in [-0.2, 0) is 0 Å². The zero-order valence-corrected chi connectivity index (χ0v) is 21.4. The molecule has 0 aliphatic heterocycles. The number of aromatic nitrogens is 2. The number of aromatic amines is 1. The van der Waals surface area contributed by atoms with Crippen LogP contribution >= 0.6 is 23.8 Å². The van der Waals surface area contributed by atoms with Crippen LogP contribution in [0, 0.1) is 16.4 Å². The van der Waals surface area contributed by atoms with Crippen molar-refractivity contribution < 1.29 is 4.39 Å². The van der Waals surface area contributed by atoms with E-state index in [0.29, 0.717) is 38.6 Å². The van der Waals surface area contributed by atoms with Gasteiger partial charge in [0, 0.05) is 35.4 Å². The van der Waals surface area contributed by atoms with Gasteiger partial charge in [-0.2, -0.15) is 5.10 Å². The van der Waals surface area contributed by atoms with E-state index in [-0.39, 0.29) is 0 Å². The number of nitrogens with one attached hydrogen (secondary N) is 3. The van der Waals surface area contributed by atoms with E-state index in [1.807, 2.05) is 7.05 Å². The number of allylic oxidation sites excluding steroid dienone is 2. The Kier molecular flexibility index (Phi) is 10.1. The number of benzene rings is 1. The summed E-state index contributed by atoms with van der Waals surface area (Å²) in [6.45, 7) is 5.49. The van der Waals surface area contributed by atoms with Crippen LogP contribution in [0.2, 0.25) is 5.02 Å². The van der Waals surface area contributed by atoms with Gasteiger partial charge >= 0.3 is 0 Å². The van der Waals surface area contributed by atoms with Crippen molar-refractivity contribution in [2.45, 2.75) is 38.6 Å². The van der Waals surface area contributed by atoms with E-state index in [1.54, 1.807) is 18.2 Å². The highest BCUT2D eigenvalue weighted by Crippen LogP contribution is 2.35. The second-order valence-corrected chi connectivity index (χ2v) is 9.47. The quantitative estimate of drug-likeness (QED) is 0.227. The van der Waals surface area contributed by atoms with Crippen LogP contribution in [0.3, 0.4) is 0 Å². The smallest absolute Gasteiger partial charge is 0.143 e. The molecule has 1 heterocycles. The van der Waals surface area contributed by atoms with Gasteiger partial charge in [0.1, 0.15) is 10.5 Å². The molecule has 1 aliphatic rings. The van der Waals surface area contributed by atoms with Gasteiger partial charge in [-0.1, -0.05) is 36.8 Å². The average molecular weight is 505 g/mol. The molecular weight excluding hydrogens is 471 g/mol. The van der Waals surface area contributed by atoms with Gasteiger partial charge in [-0.25, -0.2) is 4.39 Å². The molecule has 1 saturated carbocycles. The Balaban J connectivity index is 1.67. The molecule has 0 saturated heterocycles. The van der Waals surface area contributed by atoms with Gasteiger partial charge in [0.15, 0.2) is 0 Å². The van der Waals surface area contributed by atoms with Crippen molar-refractivity contribution in [1.82, 2.24) is 20.4 Å². The number of nitrogens with zero attached hydrogens (tertiary/aromatic N) is 2. The van der Waals surface area contributed by atoms with Gasteiger partial charge in [0.25, 0.3) is 0 Å². The van der Waals surface area contributed by atoms with Crippen molar-refractivity contribution >= 4 is 29.5 Å². The minimum atomic E-state index is -0.405. The molecule has 34 heavy (non-hydrogen) atoms. The van der Waals surface area contributed by atoms with Crippen molar-refractivity contribution in [1.29, 1.82) is 0 Å². The number of H-pyrrole nitrogens is 1. The highest BCUT2D eigenvalue weighted by Gasteiger charge is 2.32. The third-order valence-electron chi connectivity index (χ3n) is 6.12.